The molecule has 20 heavy (non-hydrogen) atoms. The van der Waals surface area contributed by atoms with Crippen LogP contribution in [0.5, 0.6) is 6.01 Å². The average Bonchev–Trinajstić information content (AvgIpc) is 2.49. The lowest BCUT2D eigenvalue weighted by atomic mass is 9.98. The van der Waals surface area contributed by atoms with Crippen LogP contribution in [0, 0.1) is 0 Å². The molecule has 1 aromatic heterocycles. The van der Waals surface area contributed by atoms with Crippen LogP contribution in [0.4, 0.5) is 11.9 Å². The zero-order chi connectivity index (χ0) is 14.4. The summed E-state index contributed by atoms with van der Waals surface area (Å²) >= 11 is 0. The van der Waals surface area contributed by atoms with Crippen LogP contribution in [0.1, 0.15) is 46.0 Å². The number of nitrogen functional groups attached to an aromatic ring is 1. The van der Waals surface area contributed by atoms with E-state index < -0.39 is 0 Å². The molecule has 0 aliphatic heterocycles. The fourth-order valence-corrected chi connectivity index (χ4v) is 2.44. The highest BCUT2D eigenvalue weighted by Gasteiger charge is 2.18. The van der Waals surface area contributed by atoms with Crippen LogP contribution in [-0.4, -0.2) is 34.1 Å². The number of nitrogens with two attached hydrogens (primary N) is 1. The lowest BCUT2D eigenvalue weighted by molar-refractivity contribution is 0.142. The van der Waals surface area contributed by atoms with Gasteiger partial charge in [-0.2, -0.15) is 15.0 Å². The van der Waals surface area contributed by atoms with Gasteiger partial charge in [-0.3, -0.25) is 5.43 Å². The highest BCUT2D eigenvalue weighted by Crippen LogP contribution is 2.23. The molecule has 0 atom stereocenters. The SMILES string of the molecule is CCN(CC)c1nc(NN)nc(OC2CCCCC2)n1. The molecule has 0 radical (unpaired) electrons. The summed E-state index contributed by atoms with van der Waals surface area (Å²) in [5.41, 5.74) is 2.48. The van der Waals surface area contributed by atoms with Crippen molar-refractivity contribution in [2.24, 2.45) is 5.84 Å². The summed E-state index contributed by atoms with van der Waals surface area (Å²) in [6.07, 6.45) is 6.05. The van der Waals surface area contributed by atoms with Crippen LogP contribution >= 0.6 is 0 Å². The summed E-state index contributed by atoms with van der Waals surface area (Å²) in [6, 6.07) is 0.363. The quantitative estimate of drug-likeness (QED) is 0.605. The molecule has 1 heterocycles. The van der Waals surface area contributed by atoms with Crippen molar-refractivity contribution in [3.05, 3.63) is 0 Å². The van der Waals surface area contributed by atoms with Crippen LogP contribution in [0.25, 0.3) is 0 Å². The summed E-state index contributed by atoms with van der Waals surface area (Å²) in [5.74, 6) is 6.37. The van der Waals surface area contributed by atoms with Crippen LogP contribution < -0.4 is 20.9 Å². The Hall–Kier alpha value is -1.63. The Labute approximate surface area is 119 Å². The fraction of sp³-hybridized carbons (Fsp3) is 0.769. The third kappa shape index (κ3) is 3.69. The second-order valence-corrected chi connectivity index (χ2v) is 4.94. The minimum absolute atomic E-state index is 0.210. The molecule has 7 nitrogen and oxygen atoms in total. The van der Waals surface area contributed by atoms with Gasteiger partial charge in [0.1, 0.15) is 6.10 Å². The first-order chi connectivity index (χ1) is 9.76. The molecule has 1 aliphatic rings. The van der Waals surface area contributed by atoms with Crippen molar-refractivity contribution in [3.8, 4) is 6.01 Å². The van der Waals surface area contributed by atoms with E-state index in [1.165, 1.54) is 19.3 Å². The molecule has 0 spiro atoms. The molecule has 1 saturated carbocycles. The maximum absolute atomic E-state index is 5.89. The van der Waals surface area contributed by atoms with Gasteiger partial charge in [0.25, 0.3) is 0 Å². The van der Waals surface area contributed by atoms with Gasteiger partial charge in [-0.15, -0.1) is 0 Å². The number of hydrogen-bond donors (Lipinski definition) is 2. The predicted molar refractivity (Wildman–Crippen MR) is 78.7 cm³/mol. The molecule has 1 aliphatic carbocycles. The van der Waals surface area contributed by atoms with E-state index in [1.807, 2.05) is 4.90 Å². The van der Waals surface area contributed by atoms with E-state index in [0.717, 1.165) is 25.9 Å². The number of ether oxygens (including phenoxy) is 1. The minimum Gasteiger partial charge on any atom is -0.460 e. The van der Waals surface area contributed by atoms with Crippen LogP contribution in [0.3, 0.4) is 0 Å². The Morgan fingerprint density at radius 3 is 2.45 bits per heavy atom. The number of anilines is 2. The largest absolute Gasteiger partial charge is 0.460 e. The fourth-order valence-electron chi connectivity index (χ4n) is 2.44. The molecular formula is C13H24N6O. The summed E-state index contributed by atoms with van der Waals surface area (Å²) in [6.45, 7) is 5.77. The van der Waals surface area contributed by atoms with Gasteiger partial charge in [-0.25, -0.2) is 5.84 Å². The summed E-state index contributed by atoms with van der Waals surface area (Å²) < 4.78 is 5.89. The first-order valence-electron chi connectivity index (χ1n) is 7.41. The Morgan fingerprint density at radius 1 is 1.15 bits per heavy atom. The molecule has 0 bridgehead atoms. The van der Waals surface area contributed by atoms with E-state index in [4.69, 9.17) is 10.6 Å². The number of hydrazine groups is 1. The van der Waals surface area contributed by atoms with Gasteiger partial charge in [0.2, 0.25) is 11.9 Å². The number of nitrogens with zero attached hydrogens (tertiary/aromatic N) is 4. The maximum atomic E-state index is 5.89. The lowest BCUT2D eigenvalue weighted by Crippen LogP contribution is -2.27. The summed E-state index contributed by atoms with van der Waals surface area (Å²) in [4.78, 5) is 14.9. The molecule has 112 valence electrons. The van der Waals surface area contributed by atoms with Crippen LogP contribution in [-0.2, 0) is 0 Å². The normalized spacial score (nSPS) is 15.9. The Bertz CT molecular complexity index is 417. The number of nitrogens with one attached hydrogen (secondary N) is 1. The van der Waals surface area contributed by atoms with Gasteiger partial charge < -0.3 is 9.64 Å². The van der Waals surface area contributed by atoms with E-state index in [2.05, 4.69) is 34.2 Å². The van der Waals surface area contributed by atoms with Gasteiger partial charge in [-0.1, -0.05) is 6.42 Å². The maximum Gasteiger partial charge on any atom is 0.323 e. The highest BCUT2D eigenvalue weighted by atomic mass is 16.5. The molecule has 0 amide bonds. The average molecular weight is 280 g/mol. The Kier molecular flexibility index (Phi) is 5.34. The second-order valence-electron chi connectivity index (χ2n) is 4.94. The number of rotatable bonds is 6. The van der Waals surface area contributed by atoms with Crippen LogP contribution in [0.2, 0.25) is 0 Å². The standard InChI is InChI=1S/C13H24N6O/c1-3-19(4-2)12-15-11(18-14)16-13(17-12)20-10-8-6-5-7-9-10/h10H,3-9,14H2,1-2H3,(H,15,16,17,18). The van der Waals surface area contributed by atoms with Crippen molar-refractivity contribution in [3.63, 3.8) is 0 Å². The molecule has 3 N–H and O–H groups in total. The van der Waals surface area contributed by atoms with Gasteiger partial charge >= 0.3 is 6.01 Å². The predicted octanol–water partition coefficient (Wildman–Crippen LogP) is 1.71. The van der Waals surface area contributed by atoms with Gasteiger partial charge in [-0.05, 0) is 39.5 Å². The lowest BCUT2D eigenvalue weighted by Gasteiger charge is -2.23. The van der Waals surface area contributed by atoms with Crippen molar-refractivity contribution < 1.29 is 4.74 Å². The molecule has 1 aromatic rings. The van der Waals surface area contributed by atoms with Gasteiger partial charge in [0, 0.05) is 13.1 Å². The van der Waals surface area contributed by atoms with Crippen molar-refractivity contribution in [1.82, 2.24) is 15.0 Å². The van der Waals surface area contributed by atoms with E-state index in [9.17, 15) is 0 Å². The summed E-state index contributed by atoms with van der Waals surface area (Å²) in [5, 5.41) is 0. The van der Waals surface area contributed by atoms with Crippen molar-refractivity contribution in [2.45, 2.75) is 52.1 Å². The van der Waals surface area contributed by atoms with Crippen molar-refractivity contribution >= 4 is 11.9 Å². The molecule has 0 unspecified atom stereocenters. The van der Waals surface area contributed by atoms with E-state index in [1.54, 1.807) is 0 Å². The zero-order valence-electron chi connectivity index (χ0n) is 12.3. The number of hydrogen-bond acceptors (Lipinski definition) is 7. The van der Waals surface area contributed by atoms with Crippen molar-refractivity contribution in [2.75, 3.05) is 23.4 Å². The van der Waals surface area contributed by atoms with E-state index in [-0.39, 0.29) is 6.10 Å². The zero-order valence-corrected chi connectivity index (χ0v) is 12.3. The van der Waals surface area contributed by atoms with Gasteiger partial charge in [0.15, 0.2) is 0 Å². The molecule has 2 rings (SSSR count). The Morgan fingerprint density at radius 2 is 1.85 bits per heavy atom. The smallest absolute Gasteiger partial charge is 0.323 e. The van der Waals surface area contributed by atoms with E-state index >= 15 is 0 Å². The molecular weight excluding hydrogens is 256 g/mol. The highest BCUT2D eigenvalue weighted by molar-refractivity contribution is 5.37. The van der Waals surface area contributed by atoms with Crippen LogP contribution in [0.15, 0.2) is 0 Å². The number of aromatic nitrogens is 3. The topological polar surface area (TPSA) is 89.2 Å². The summed E-state index contributed by atoms with van der Waals surface area (Å²) in [7, 11) is 0. The molecule has 0 aromatic carbocycles. The molecule has 7 heteroatoms. The Balaban J connectivity index is 2.16. The van der Waals surface area contributed by atoms with Crippen molar-refractivity contribution in [1.29, 1.82) is 0 Å². The molecule has 1 fully saturated rings. The second kappa shape index (κ2) is 7.23. The third-order valence-electron chi connectivity index (χ3n) is 3.60. The van der Waals surface area contributed by atoms with Gasteiger partial charge in [0.05, 0.1) is 0 Å². The minimum atomic E-state index is 0.210. The first kappa shape index (κ1) is 14.8. The molecule has 0 saturated heterocycles. The third-order valence-corrected chi connectivity index (χ3v) is 3.60. The monoisotopic (exact) mass is 280 g/mol. The van der Waals surface area contributed by atoms with E-state index in [0.29, 0.717) is 17.9 Å². The first-order valence-corrected chi connectivity index (χ1v) is 7.41.